The SMILES string of the molecule is COC(=O)c1ccccc1NC(=O)C(C)Sc1ccc(NC(=O)/C(=C/c2ccc(Br)cc2)NC(=O)c2ccccc2)cc1. The molecule has 0 radical (unpaired) electrons. The third-order valence-corrected chi connectivity index (χ3v) is 7.73. The summed E-state index contributed by atoms with van der Waals surface area (Å²) >= 11 is 4.72. The smallest absolute Gasteiger partial charge is 0.339 e. The van der Waals surface area contributed by atoms with Crippen molar-refractivity contribution in [3.63, 3.8) is 0 Å². The fraction of sp³-hybridized carbons (Fsp3) is 0.0909. The molecule has 3 amide bonds. The zero-order valence-electron chi connectivity index (χ0n) is 23.3. The standard InChI is InChI=1S/C33H28BrN3O5S/c1-21(30(38)36-28-11-7-6-10-27(28)33(41)42-2)43-26-18-16-25(17-19-26)35-32(40)29(20-22-12-14-24(34)15-13-22)37-31(39)23-8-4-3-5-9-23/h3-21H,1-2H3,(H,35,40)(H,36,38)(H,37,39)/b29-20-. The summed E-state index contributed by atoms with van der Waals surface area (Å²) in [7, 11) is 1.28. The molecule has 0 aliphatic heterocycles. The Labute approximate surface area is 262 Å². The van der Waals surface area contributed by atoms with Crippen molar-refractivity contribution in [3.05, 3.63) is 130 Å². The van der Waals surface area contributed by atoms with Crippen molar-refractivity contribution >= 4 is 68.8 Å². The molecule has 10 heteroatoms. The number of esters is 1. The first-order valence-corrected chi connectivity index (χ1v) is 14.8. The first-order chi connectivity index (χ1) is 20.7. The monoisotopic (exact) mass is 657 g/mol. The number of nitrogens with one attached hydrogen (secondary N) is 3. The molecule has 0 saturated heterocycles. The van der Waals surface area contributed by atoms with Gasteiger partial charge in [-0.25, -0.2) is 4.79 Å². The van der Waals surface area contributed by atoms with Crippen molar-refractivity contribution in [2.45, 2.75) is 17.1 Å². The van der Waals surface area contributed by atoms with Gasteiger partial charge in [0.15, 0.2) is 0 Å². The molecule has 43 heavy (non-hydrogen) atoms. The van der Waals surface area contributed by atoms with E-state index in [0.29, 0.717) is 16.9 Å². The molecule has 0 aliphatic carbocycles. The summed E-state index contributed by atoms with van der Waals surface area (Å²) in [6, 6.07) is 29.6. The molecule has 0 spiro atoms. The van der Waals surface area contributed by atoms with E-state index in [1.54, 1.807) is 91.9 Å². The van der Waals surface area contributed by atoms with Crippen LogP contribution in [0, 0.1) is 0 Å². The number of thioether (sulfide) groups is 1. The minimum atomic E-state index is -0.539. The summed E-state index contributed by atoms with van der Waals surface area (Å²) in [5, 5.41) is 7.85. The van der Waals surface area contributed by atoms with Gasteiger partial charge in [0, 0.05) is 20.6 Å². The first kappa shape index (κ1) is 31.3. The largest absolute Gasteiger partial charge is 0.465 e. The molecule has 0 aromatic heterocycles. The highest BCUT2D eigenvalue weighted by Crippen LogP contribution is 2.27. The Kier molecular flexibility index (Phi) is 10.9. The summed E-state index contributed by atoms with van der Waals surface area (Å²) in [6.07, 6.45) is 1.60. The maximum atomic E-state index is 13.3. The molecular weight excluding hydrogens is 630 g/mol. The molecule has 0 saturated carbocycles. The van der Waals surface area contributed by atoms with Crippen molar-refractivity contribution < 1.29 is 23.9 Å². The van der Waals surface area contributed by atoms with Crippen molar-refractivity contribution in [1.29, 1.82) is 0 Å². The fourth-order valence-electron chi connectivity index (χ4n) is 3.86. The average Bonchev–Trinajstić information content (AvgIpc) is 3.02. The number of rotatable bonds is 10. The van der Waals surface area contributed by atoms with Crippen LogP contribution in [0.4, 0.5) is 11.4 Å². The Morgan fingerprint density at radius 2 is 1.47 bits per heavy atom. The molecule has 0 heterocycles. The molecule has 4 rings (SSSR count). The number of halogens is 1. The van der Waals surface area contributed by atoms with Gasteiger partial charge in [-0.3, -0.25) is 14.4 Å². The highest BCUT2D eigenvalue weighted by atomic mass is 79.9. The Morgan fingerprint density at radius 3 is 2.14 bits per heavy atom. The van der Waals surface area contributed by atoms with Crippen molar-refractivity contribution in [2.75, 3.05) is 17.7 Å². The molecule has 1 atom stereocenters. The van der Waals surface area contributed by atoms with Crippen LogP contribution in [0.5, 0.6) is 0 Å². The van der Waals surface area contributed by atoms with Gasteiger partial charge in [-0.1, -0.05) is 58.4 Å². The minimum absolute atomic E-state index is 0.0761. The molecular formula is C33H28BrN3O5S. The quantitative estimate of drug-likeness (QED) is 0.0986. The van der Waals surface area contributed by atoms with Gasteiger partial charge < -0.3 is 20.7 Å². The molecule has 0 aliphatic rings. The lowest BCUT2D eigenvalue weighted by Crippen LogP contribution is -2.30. The van der Waals surface area contributed by atoms with Crippen molar-refractivity contribution in [2.24, 2.45) is 0 Å². The third-order valence-electron chi connectivity index (χ3n) is 6.09. The summed E-state index contributed by atoms with van der Waals surface area (Å²) in [5.74, 6) is -1.73. The summed E-state index contributed by atoms with van der Waals surface area (Å²) in [6.45, 7) is 1.76. The number of methoxy groups -OCH3 is 1. The van der Waals surface area contributed by atoms with Gasteiger partial charge in [0.25, 0.3) is 11.8 Å². The number of amides is 3. The number of carbonyl (C=O) groups excluding carboxylic acids is 4. The molecule has 0 fully saturated rings. The molecule has 8 nitrogen and oxygen atoms in total. The van der Waals surface area contributed by atoms with E-state index in [2.05, 4.69) is 31.9 Å². The van der Waals surface area contributed by atoms with Crippen LogP contribution in [-0.2, 0) is 14.3 Å². The van der Waals surface area contributed by atoms with E-state index in [1.165, 1.54) is 18.9 Å². The normalized spacial score (nSPS) is 11.7. The van der Waals surface area contributed by atoms with Gasteiger partial charge in [-0.2, -0.15) is 0 Å². The lowest BCUT2D eigenvalue weighted by molar-refractivity contribution is -0.115. The molecule has 3 N–H and O–H groups in total. The minimum Gasteiger partial charge on any atom is -0.465 e. The van der Waals surface area contributed by atoms with E-state index >= 15 is 0 Å². The second-order valence-corrected chi connectivity index (χ2v) is 11.5. The second kappa shape index (κ2) is 15.0. The third kappa shape index (κ3) is 8.91. The maximum absolute atomic E-state index is 13.3. The van der Waals surface area contributed by atoms with Gasteiger partial charge in [-0.15, -0.1) is 11.8 Å². The molecule has 1 unspecified atom stereocenters. The number of anilines is 2. The number of hydrogen-bond donors (Lipinski definition) is 3. The Balaban J connectivity index is 1.42. The van der Waals surface area contributed by atoms with E-state index in [0.717, 1.165) is 14.9 Å². The summed E-state index contributed by atoms with van der Waals surface area (Å²) < 4.78 is 5.68. The van der Waals surface area contributed by atoms with E-state index < -0.39 is 23.0 Å². The topological polar surface area (TPSA) is 114 Å². The highest BCUT2D eigenvalue weighted by Gasteiger charge is 2.19. The van der Waals surface area contributed by atoms with E-state index in [-0.39, 0.29) is 17.2 Å². The summed E-state index contributed by atoms with van der Waals surface area (Å²) in [5.41, 5.74) is 2.38. The van der Waals surface area contributed by atoms with Crippen LogP contribution < -0.4 is 16.0 Å². The molecule has 4 aromatic rings. The van der Waals surface area contributed by atoms with Crippen molar-refractivity contribution in [3.8, 4) is 0 Å². The Hall–Kier alpha value is -4.67. The average molecular weight is 659 g/mol. The highest BCUT2D eigenvalue weighted by molar-refractivity contribution is 9.10. The lowest BCUT2D eigenvalue weighted by Gasteiger charge is -2.15. The predicted octanol–water partition coefficient (Wildman–Crippen LogP) is 6.76. The zero-order chi connectivity index (χ0) is 30.8. The van der Waals surface area contributed by atoms with Gasteiger partial charge >= 0.3 is 5.97 Å². The van der Waals surface area contributed by atoms with Gasteiger partial charge in [-0.05, 0) is 79.2 Å². The molecule has 0 bridgehead atoms. The number of hydrogen-bond acceptors (Lipinski definition) is 6. The van der Waals surface area contributed by atoms with Gasteiger partial charge in [0.1, 0.15) is 5.70 Å². The van der Waals surface area contributed by atoms with Crippen LogP contribution in [0.25, 0.3) is 6.08 Å². The zero-order valence-corrected chi connectivity index (χ0v) is 25.7. The van der Waals surface area contributed by atoms with Crippen LogP contribution in [0.2, 0.25) is 0 Å². The Bertz CT molecular complexity index is 1640. The fourth-order valence-corrected chi connectivity index (χ4v) is 4.99. The first-order valence-electron chi connectivity index (χ1n) is 13.1. The van der Waals surface area contributed by atoms with Crippen LogP contribution in [0.15, 0.2) is 118 Å². The van der Waals surface area contributed by atoms with E-state index in [9.17, 15) is 19.2 Å². The van der Waals surface area contributed by atoms with Crippen LogP contribution >= 0.6 is 27.7 Å². The lowest BCUT2D eigenvalue weighted by atomic mass is 10.1. The van der Waals surface area contributed by atoms with E-state index in [1.807, 2.05) is 24.3 Å². The predicted molar refractivity (Wildman–Crippen MR) is 173 cm³/mol. The van der Waals surface area contributed by atoms with Crippen LogP contribution in [-0.4, -0.2) is 36.1 Å². The summed E-state index contributed by atoms with van der Waals surface area (Å²) in [4.78, 5) is 51.8. The molecule has 4 aromatic carbocycles. The number of carbonyl (C=O) groups is 4. The van der Waals surface area contributed by atoms with Gasteiger partial charge in [0.05, 0.1) is 23.6 Å². The second-order valence-electron chi connectivity index (χ2n) is 9.19. The van der Waals surface area contributed by atoms with Crippen LogP contribution in [0.1, 0.15) is 33.2 Å². The van der Waals surface area contributed by atoms with Crippen LogP contribution in [0.3, 0.4) is 0 Å². The van der Waals surface area contributed by atoms with Gasteiger partial charge in [0.2, 0.25) is 5.91 Å². The molecule has 218 valence electrons. The number of benzene rings is 4. The van der Waals surface area contributed by atoms with Crippen molar-refractivity contribution in [1.82, 2.24) is 5.32 Å². The van der Waals surface area contributed by atoms with E-state index in [4.69, 9.17) is 4.74 Å². The maximum Gasteiger partial charge on any atom is 0.339 e. The Morgan fingerprint density at radius 1 is 0.814 bits per heavy atom. The number of para-hydroxylation sites is 1. The number of ether oxygens (including phenoxy) is 1.